The molecule has 130 valence electrons. The molecule has 1 atom stereocenters. The predicted octanol–water partition coefficient (Wildman–Crippen LogP) is 2.26. The van der Waals surface area contributed by atoms with Gasteiger partial charge in [0.25, 0.3) is 0 Å². The monoisotopic (exact) mass is 358 g/mol. The average Bonchev–Trinajstić information content (AvgIpc) is 3.21. The smallest absolute Gasteiger partial charge is 0.230 e. The SMILES string of the molecule is COc1ccc(C(c2sc3ncnn3c2O)N2CCC(=O)CC2)cc1. The summed E-state index contributed by atoms with van der Waals surface area (Å²) in [6, 6.07) is 7.66. The molecule has 0 radical (unpaired) electrons. The minimum absolute atomic E-state index is 0.107. The number of piperidine rings is 1. The third-order valence-corrected chi connectivity index (χ3v) is 5.63. The van der Waals surface area contributed by atoms with Crippen molar-refractivity contribution in [3.8, 4) is 11.6 Å². The van der Waals surface area contributed by atoms with Crippen LogP contribution >= 0.6 is 11.3 Å². The lowest BCUT2D eigenvalue weighted by Crippen LogP contribution is -2.37. The van der Waals surface area contributed by atoms with E-state index in [1.807, 2.05) is 24.3 Å². The van der Waals surface area contributed by atoms with E-state index in [0.717, 1.165) is 16.2 Å². The Labute approximate surface area is 148 Å². The van der Waals surface area contributed by atoms with Crippen molar-refractivity contribution < 1.29 is 14.6 Å². The van der Waals surface area contributed by atoms with Crippen molar-refractivity contribution in [3.63, 3.8) is 0 Å². The van der Waals surface area contributed by atoms with Crippen LogP contribution in [0, 0.1) is 0 Å². The van der Waals surface area contributed by atoms with Crippen molar-refractivity contribution in [2.45, 2.75) is 18.9 Å². The number of rotatable bonds is 4. The highest BCUT2D eigenvalue weighted by molar-refractivity contribution is 7.17. The number of hydrogen-bond donors (Lipinski definition) is 1. The number of Topliss-reactive ketones (excluding diaryl/α,β-unsaturated/α-hetero) is 1. The van der Waals surface area contributed by atoms with Crippen molar-refractivity contribution in [3.05, 3.63) is 41.0 Å². The van der Waals surface area contributed by atoms with Gasteiger partial charge in [0.15, 0.2) is 0 Å². The van der Waals surface area contributed by atoms with Crippen LogP contribution in [0.2, 0.25) is 0 Å². The van der Waals surface area contributed by atoms with Crippen LogP contribution < -0.4 is 4.74 Å². The Morgan fingerprint density at radius 3 is 2.60 bits per heavy atom. The number of hydrogen-bond acceptors (Lipinski definition) is 7. The third kappa shape index (κ3) is 2.87. The van der Waals surface area contributed by atoms with E-state index in [1.165, 1.54) is 22.2 Å². The summed E-state index contributed by atoms with van der Waals surface area (Å²) in [5.41, 5.74) is 1.04. The number of thiazole rings is 1. The van der Waals surface area contributed by atoms with Gasteiger partial charge in [0, 0.05) is 25.9 Å². The zero-order valence-corrected chi connectivity index (χ0v) is 14.6. The summed E-state index contributed by atoms with van der Waals surface area (Å²) >= 11 is 1.42. The number of methoxy groups -OCH3 is 1. The fourth-order valence-electron chi connectivity index (χ4n) is 3.22. The van der Waals surface area contributed by atoms with Crippen molar-refractivity contribution in [2.24, 2.45) is 0 Å². The first-order chi connectivity index (χ1) is 12.2. The van der Waals surface area contributed by atoms with E-state index in [0.29, 0.717) is 30.9 Å². The first kappa shape index (κ1) is 16.0. The summed E-state index contributed by atoms with van der Waals surface area (Å²) in [4.78, 5) is 19.5. The molecule has 0 amide bonds. The average molecular weight is 358 g/mol. The molecule has 7 nitrogen and oxygen atoms in total. The van der Waals surface area contributed by atoms with Gasteiger partial charge in [-0.05, 0) is 17.7 Å². The first-order valence-electron chi connectivity index (χ1n) is 8.08. The molecule has 0 saturated carbocycles. The maximum atomic E-state index is 11.6. The number of carbonyl (C=O) groups excluding carboxylic acids is 1. The summed E-state index contributed by atoms with van der Waals surface area (Å²) in [7, 11) is 1.63. The van der Waals surface area contributed by atoms with Crippen molar-refractivity contribution >= 4 is 22.1 Å². The molecule has 0 aliphatic carbocycles. The number of benzene rings is 1. The molecule has 8 heteroatoms. The summed E-state index contributed by atoms with van der Waals surface area (Å²) in [5, 5.41) is 14.7. The van der Waals surface area contributed by atoms with Gasteiger partial charge in [0.05, 0.1) is 18.0 Å². The number of likely N-dealkylation sites (tertiary alicyclic amines) is 1. The summed E-state index contributed by atoms with van der Waals surface area (Å²) < 4.78 is 6.69. The van der Waals surface area contributed by atoms with Crippen LogP contribution in [0.5, 0.6) is 11.6 Å². The molecule has 25 heavy (non-hydrogen) atoms. The van der Waals surface area contributed by atoms with E-state index < -0.39 is 0 Å². The minimum Gasteiger partial charge on any atom is -0.497 e. The molecule has 0 bridgehead atoms. The van der Waals surface area contributed by atoms with Crippen LogP contribution in [0.3, 0.4) is 0 Å². The lowest BCUT2D eigenvalue weighted by molar-refractivity contribution is -0.121. The first-order valence-corrected chi connectivity index (χ1v) is 8.90. The molecule has 1 unspecified atom stereocenters. The van der Waals surface area contributed by atoms with Crippen LogP contribution in [-0.2, 0) is 4.79 Å². The Morgan fingerprint density at radius 2 is 1.96 bits per heavy atom. The number of nitrogens with zero attached hydrogens (tertiary/aromatic N) is 4. The fraction of sp³-hybridized carbons (Fsp3) is 0.353. The molecule has 1 saturated heterocycles. The fourth-order valence-corrected chi connectivity index (χ4v) is 4.31. The molecule has 4 rings (SSSR count). The van der Waals surface area contributed by atoms with Gasteiger partial charge in [0.1, 0.15) is 17.9 Å². The standard InChI is InChI=1S/C17H18N4O3S/c1-24-13-4-2-11(3-5-13)14(20-8-6-12(22)7-9-20)15-16(23)21-17(25-15)18-10-19-21/h2-5,10,14,23H,6-9H2,1H3. The summed E-state index contributed by atoms with van der Waals surface area (Å²) in [6.45, 7) is 1.34. The van der Waals surface area contributed by atoms with Crippen molar-refractivity contribution in [1.29, 1.82) is 0 Å². The second kappa shape index (κ2) is 6.45. The second-order valence-electron chi connectivity index (χ2n) is 5.99. The summed E-state index contributed by atoms with van der Waals surface area (Å²) in [6.07, 6.45) is 2.50. The minimum atomic E-state index is -0.146. The predicted molar refractivity (Wildman–Crippen MR) is 93.2 cm³/mol. The topological polar surface area (TPSA) is 80.0 Å². The van der Waals surface area contributed by atoms with Crippen LogP contribution in [0.1, 0.15) is 29.3 Å². The van der Waals surface area contributed by atoms with Crippen LogP contribution in [0.25, 0.3) is 4.96 Å². The van der Waals surface area contributed by atoms with Crippen molar-refractivity contribution in [2.75, 3.05) is 20.2 Å². The lowest BCUT2D eigenvalue weighted by Gasteiger charge is -2.33. The third-order valence-electron chi connectivity index (χ3n) is 4.54. The van der Waals surface area contributed by atoms with Gasteiger partial charge in [-0.1, -0.05) is 23.5 Å². The Morgan fingerprint density at radius 1 is 1.24 bits per heavy atom. The Kier molecular flexibility index (Phi) is 4.14. The molecular formula is C17H18N4O3S. The van der Waals surface area contributed by atoms with Gasteiger partial charge in [0.2, 0.25) is 10.8 Å². The highest BCUT2D eigenvalue weighted by atomic mass is 32.1. The largest absolute Gasteiger partial charge is 0.497 e. The Bertz CT molecular complexity index is 892. The molecule has 1 aliphatic heterocycles. The van der Waals surface area contributed by atoms with Gasteiger partial charge in [-0.2, -0.15) is 9.61 Å². The van der Waals surface area contributed by atoms with Crippen LogP contribution in [0.4, 0.5) is 0 Å². The normalized spacial score (nSPS) is 17.1. The highest BCUT2D eigenvalue weighted by Crippen LogP contribution is 2.40. The molecule has 1 N–H and O–H groups in total. The van der Waals surface area contributed by atoms with E-state index in [9.17, 15) is 9.90 Å². The van der Waals surface area contributed by atoms with Crippen LogP contribution in [-0.4, -0.2) is 50.6 Å². The number of aromatic hydroxyl groups is 1. The van der Waals surface area contributed by atoms with E-state index in [2.05, 4.69) is 15.0 Å². The molecule has 1 fully saturated rings. The molecular weight excluding hydrogens is 340 g/mol. The highest BCUT2D eigenvalue weighted by Gasteiger charge is 2.31. The van der Waals surface area contributed by atoms with E-state index in [1.54, 1.807) is 7.11 Å². The van der Waals surface area contributed by atoms with Crippen LogP contribution in [0.15, 0.2) is 30.6 Å². The molecule has 3 aromatic rings. The molecule has 1 aliphatic rings. The van der Waals surface area contributed by atoms with E-state index in [4.69, 9.17) is 4.74 Å². The van der Waals surface area contributed by atoms with Gasteiger partial charge in [-0.3, -0.25) is 9.69 Å². The second-order valence-corrected chi connectivity index (χ2v) is 7.00. The molecule has 1 aromatic carbocycles. The Hall–Kier alpha value is -2.45. The quantitative estimate of drug-likeness (QED) is 0.771. The number of fused-ring (bicyclic) bond motifs is 1. The summed E-state index contributed by atoms with van der Waals surface area (Å²) in [5.74, 6) is 1.18. The van der Waals surface area contributed by atoms with Gasteiger partial charge in [-0.25, -0.2) is 4.98 Å². The van der Waals surface area contributed by atoms with Gasteiger partial charge < -0.3 is 9.84 Å². The van der Waals surface area contributed by atoms with Gasteiger partial charge >= 0.3 is 0 Å². The van der Waals surface area contributed by atoms with Crippen molar-refractivity contribution in [1.82, 2.24) is 19.5 Å². The zero-order valence-electron chi connectivity index (χ0n) is 13.8. The van der Waals surface area contributed by atoms with E-state index in [-0.39, 0.29) is 17.7 Å². The zero-order chi connectivity index (χ0) is 17.4. The number of carbonyl (C=O) groups is 1. The maximum Gasteiger partial charge on any atom is 0.230 e. The number of ketones is 1. The number of aromatic nitrogens is 3. The molecule has 0 spiro atoms. The van der Waals surface area contributed by atoms with Gasteiger partial charge in [-0.15, -0.1) is 0 Å². The molecule has 3 heterocycles. The lowest BCUT2D eigenvalue weighted by atomic mass is 10.00. The Balaban J connectivity index is 1.78. The maximum absolute atomic E-state index is 11.6. The molecule has 2 aromatic heterocycles. The van der Waals surface area contributed by atoms with E-state index >= 15 is 0 Å². The number of ether oxygens (including phenoxy) is 1.